The van der Waals surface area contributed by atoms with E-state index in [1.54, 1.807) is 6.08 Å². The smallest absolute Gasteiger partial charge is 0.310 e. The maximum atomic E-state index is 12.8. The van der Waals surface area contributed by atoms with E-state index in [2.05, 4.69) is 106 Å². The van der Waals surface area contributed by atoms with Crippen molar-refractivity contribution in [2.24, 2.45) is 0 Å². The first-order valence-corrected chi connectivity index (χ1v) is 31.7. The number of hydrogen-bond acceptors (Lipinski definition) is 6. The number of allylic oxidation sites excluding steroid dienone is 15. The van der Waals surface area contributed by atoms with Crippen molar-refractivity contribution in [3.8, 4) is 0 Å². The van der Waals surface area contributed by atoms with Crippen LogP contribution in [0.2, 0.25) is 0 Å². The number of unbranched alkanes of at least 4 members (excludes halogenated alkanes) is 31. The summed E-state index contributed by atoms with van der Waals surface area (Å²) in [6.45, 7) is 6.45. The van der Waals surface area contributed by atoms with E-state index in [-0.39, 0.29) is 31.6 Å². The minimum absolute atomic E-state index is 0.0976. The molecule has 0 aromatic heterocycles. The molecule has 6 heteroatoms. The van der Waals surface area contributed by atoms with Crippen molar-refractivity contribution >= 4 is 17.9 Å². The summed E-state index contributed by atoms with van der Waals surface area (Å²) in [6, 6.07) is 0. The monoisotopic (exact) mass is 1040 g/mol. The molecule has 0 saturated carbocycles. The number of esters is 3. The Balaban J connectivity index is 4.28. The molecule has 0 aliphatic heterocycles. The third kappa shape index (κ3) is 61.1. The second kappa shape index (κ2) is 62.9. The summed E-state index contributed by atoms with van der Waals surface area (Å²) in [6.07, 6.45) is 84.5. The third-order valence-electron chi connectivity index (χ3n) is 13.6. The zero-order valence-corrected chi connectivity index (χ0v) is 49.3. The molecule has 0 aromatic rings. The van der Waals surface area contributed by atoms with Gasteiger partial charge in [0.2, 0.25) is 0 Å². The molecule has 0 aromatic carbocycles. The van der Waals surface area contributed by atoms with Crippen LogP contribution in [0, 0.1) is 0 Å². The lowest BCUT2D eigenvalue weighted by Crippen LogP contribution is -2.30. The molecule has 0 bridgehead atoms. The molecule has 0 spiro atoms. The van der Waals surface area contributed by atoms with Gasteiger partial charge in [-0.15, -0.1) is 0 Å². The molecule has 0 fully saturated rings. The summed E-state index contributed by atoms with van der Waals surface area (Å²) in [5.74, 6) is -1.04. The Morgan fingerprint density at radius 1 is 0.293 bits per heavy atom. The maximum Gasteiger partial charge on any atom is 0.310 e. The van der Waals surface area contributed by atoms with Gasteiger partial charge in [0.05, 0.1) is 6.42 Å². The molecular weight excluding hydrogens is 925 g/mol. The SMILES string of the molecule is CC/C=C\C/C=C\C/C=C\C/C=C\C/C=C\CC(=O)OC(COC(=O)CCCCCCCCCCCCCCC)COC(=O)CCCCCCCCCCCCCCCC/C=C\C/C=C\C/C=C\CCCCCCC. The van der Waals surface area contributed by atoms with E-state index >= 15 is 0 Å². The van der Waals surface area contributed by atoms with Crippen LogP contribution in [0.1, 0.15) is 303 Å². The first-order chi connectivity index (χ1) is 37.0. The molecule has 1 unspecified atom stereocenters. The van der Waals surface area contributed by atoms with Gasteiger partial charge < -0.3 is 14.2 Å². The van der Waals surface area contributed by atoms with E-state index < -0.39 is 12.1 Å². The van der Waals surface area contributed by atoms with E-state index in [1.165, 1.54) is 180 Å². The normalized spacial score (nSPS) is 12.7. The highest BCUT2D eigenvalue weighted by Gasteiger charge is 2.19. The van der Waals surface area contributed by atoms with Crippen molar-refractivity contribution in [3.63, 3.8) is 0 Å². The summed E-state index contributed by atoms with van der Waals surface area (Å²) in [7, 11) is 0. The van der Waals surface area contributed by atoms with E-state index in [0.29, 0.717) is 12.8 Å². The van der Waals surface area contributed by atoms with Crippen molar-refractivity contribution in [1.82, 2.24) is 0 Å². The van der Waals surface area contributed by atoms with E-state index in [9.17, 15) is 14.4 Å². The molecule has 0 amide bonds. The fourth-order valence-electron chi connectivity index (χ4n) is 8.88. The highest BCUT2D eigenvalue weighted by molar-refractivity contribution is 5.72. The van der Waals surface area contributed by atoms with Gasteiger partial charge in [0, 0.05) is 12.8 Å². The van der Waals surface area contributed by atoms with Gasteiger partial charge in [0.1, 0.15) is 13.2 Å². The van der Waals surface area contributed by atoms with Crippen molar-refractivity contribution < 1.29 is 28.6 Å². The molecule has 0 N–H and O–H groups in total. The minimum Gasteiger partial charge on any atom is -0.462 e. The van der Waals surface area contributed by atoms with Crippen LogP contribution in [0.25, 0.3) is 0 Å². The van der Waals surface area contributed by atoms with E-state index in [1.807, 2.05) is 6.08 Å². The lowest BCUT2D eigenvalue weighted by atomic mass is 10.0. The zero-order valence-electron chi connectivity index (χ0n) is 49.3. The van der Waals surface area contributed by atoms with Crippen molar-refractivity contribution in [2.75, 3.05) is 13.2 Å². The average molecular weight is 1040 g/mol. The first kappa shape index (κ1) is 71.3. The summed E-state index contributed by atoms with van der Waals surface area (Å²) < 4.78 is 16.8. The molecule has 0 heterocycles. The second-order valence-electron chi connectivity index (χ2n) is 21.0. The quantitative estimate of drug-likeness (QED) is 0.0261. The summed E-state index contributed by atoms with van der Waals surface area (Å²) in [5, 5.41) is 0. The summed E-state index contributed by atoms with van der Waals surface area (Å²) >= 11 is 0. The molecule has 0 saturated heterocycles. The van der Waals surface area contributed by atoms with Gasteiger partial charge >= 0.3 is 17.9 Å². The van der Waals surface area contributed by atoms with Gasteiger partial charge in [-0.05, 0) is 83.5 Å². The number of carbonyl (C=O) groups is 3. The Morgan fingerprint density at radius 3 is 0.880 bits per heavy atom. The van der Waals surface area contributed by atoms with Crippen LogP contribution in [0.3, 0.4) is 0 Å². The highest BCUT2D eigenvalue weighted by atomic mass is 16.6. The molecule has 1 atom stereocenters. The van der Waals surface area contributed by atoms with Crippen LogP contribution in [-0.2, 0) is 28.6 Å². The van der Waals surface area contributed by atoms with Crippen molar-refractivity contribution in [1.29, 1.82) is 0 Å². The Kier molecular flexibility index (Phi) is 59.8. The predicted octanol–water partition coefficient (Wildman–Crippen LogP) is 21.7. The fraction of sp³-hybridized carbons (Fsp3) is 0.725. The molecule has 0 radical (unpaired) electrons. The van der Waals surface area contributed by atoms with Crippen LogP contribution in [0.15, 0.2) is 97.2 Å². The van der Waals surface area contributed by atoms with Gasteiger partial charge in [-0.1, -0.05) is 298 Å². The molecule has 0 aliphatic rings. The van der Waals surface area contributed by atoms with Gasteiger partial charge in [-0.3, -0.25) is 14.4 Å². The molecule has 0 rings (SSSR count). The number of hydrogen-bond donors (Lipinski definition) is 0. The van der Waals surface area contributed by atoms with Crippen LogP contribution >= 0.6 is 0 Å². The highest BCUT2D eigenvalue weighted by Crippen LogP contribution is 2.16. The molecule has 430 valence electrons. The van der Waals surface area contributed by atoms with Crippen LogP contribution in [-0.4, -0.2) is 37.2 Å². The van der Waals surface area contributed by atoms with E-state index in [4.69, 9.17) is 14.2 Å². The second-order valence-corrected chi connectivity index (χ2v) is 21.0. The fourth-order valence-corrected chi connectivity index (χ4v) is 8.88. The maximum absolute atomic E-state index is 12.8. The van der Waals surface area contributed by atoms with Crippen LogP contribution in [0.5, 0.6) is 0 Å². The molecule has 6 nitrogen and oxygen atoms in total. The number of carbonyl (C=O) groups excluding carboxylic acids is 3. The average Bonchev–Trinajstić information content (AvgIpc) is 3.41. The third-order valence-corrected chi connectivity index (χ3v) is 13.6. The molecular formula is C69H118O6. The van der Waals surface area contributed by atoms with Gasteiger partial charge in [-0.25, -0.2) is 0 Å². The first-order valence-electron chi connectivity index (χ1n) is 31.7. The van der Waals surface area contributed by atoms with E-state index in [0.717, 1.165) is 83.5 Å². The number of rotatable bonds is 57. The standard InChI is InChI=1S/C69H118O6/c1-4-7-10-13-16-19-22-25-27-28-29-30-31-32-33-34-35-36-37-38-39-40-42-44-47-50-53-56-59-62-68(71)74-65-66(64-73-67(70)61-58-55-52-49-46-43-24-21-18-15-12-9-6-3)75-69(72)63-60-57-54-51-48-45-41-26-23-20-17-14-11-8-5-2/h8,11,17,20,22,25-26,28-29,31-32,41,48,51,57,60,66H,4-7,9-10,12-16,18-19,21,23-24,27,30,33-40,42-47,49-50,52-56,58-59,61-65H2,1-3H3/b11-8-,20-17-,25-22-,29-28-,32-31-,41-26-,51-48-,60-57-. The Hall–Kier alpha value is -3.67. The van der Waals surface area contributed by atoms with Crippen molar-refractivity contribution in [3.05, 3.63) is 97.2 Å². The molecule has 0 aliphatic carbocycles. The van der Waals surface area contributed by atoms with Crippen molar-refractivity contribution in [2.45, 2.75) is 309 Å². The summed E-state index contributed by atoms with van der Waals surface area (Å²) in [4.78, 5) is 38.1. The van der Waals surface area contributed by atoms with Gasteiger partial charge in [0.15, 0.2) is 6.10 Å². The van der Waals surface area contributed by atoms with Crippen LogP contribution < -0.4 is 0 Å². The molecule has 75 heavy (non-hydrogen) atoms. The lowest BCUT2D eigenvalue weighted by Gasteiger charge is -2.18. The van der Waals surface area contributed by atoms with Gasteiger partial charge in [0.25, 0.3) is 0 Å². The Bertz CT molecular complexity index is 1480. The van der Waals surface area contributed by atoms with Crippen LogP contribution in [0.4, 0.5) is 0 Å². The Morgan fingerprint density at radius 2 is 0.560 bits per heavy atom. The number of ether oxygens (including phenoxy) is 3. The van der Waals surface area contributed by atoms with Gasteiger partial charge in [-0.2, -0.15) is 0 Å². The lowest BCUT2D eigenvalue weighted by molar-refractivity contribution is -0.166. The minimum atomic E-state index is -0.831. The predicted molar refractivity (Wildman–Crippen MR) is 325 cm³/mol. The Labute approximate surface area is 464 Å². The summed E-state index contributed by atoms with van der Waals surface area (Å²) in [5.41, 5.74) is 0. The topological polar surface area (TPSA) is 78.9 Å². The zero-order chi connectivity index (χ0) is 54.3. The largest absolute Gasteiger partial charge is 0.462 e.